The third-order valence-corrected chi connectivity index (χ3v) is 4.20. The molecule has 134 valence electrons. The molecular formula is C17H21N3O5. The molecule has 8 nitrogen and oxygen atoms in total. The summed E-state index contributed by atoms with van der Waals surface area (Å²) in [5, 5.41) is 16.0. The van der Waals surface area contributed by atoms with Crippen LogP contribution in [0.3, 0.4) is 0 Å². The quantitative estimate of drug-likeness (QED) is 0.790. The zero-order chi connectivity index (χ0) is 18.1. The van der Waals surface area contributed by atoms with Gasteiger partial charge in [-0.05, 0) is 18.8 Å². The van der Waals surface area contributed by atoms with E-state index in [-0.39, 0.29) is 23.0 Å². The van der Waals surface area contributed by atoms with Crippen LogP contribution < -0.4 is 5.32 Å². The molecule has 0 radical (unpaired) electrons. The van der Waals surface area contributed by atoms with Crippen LogP contribution in [0.4, 0.5) is 0 Å². The summed E-state index contributed by atoms with van der Waals surface area (Å²) in [5.74, 6) is 0.000126. The fourth-order valence-electron chi connectivity index (χ4n) is 2.59. The van der Waals surface area contributed by atoms with Gasteiger partial charge in [-0.2, -0.15) is 4.98 Å². The summed E-state index contributed by atoms with van der Waals surface area (Å²) in [4.78, 5) is 28.1. The average molecular weight is 347 g/mol. The Morgan fingerprint density at radius 3 is 2.64 bits per heavy atom. The van der Waals surface area contributed by atoms with Gasteiger partial charge < -0.3 is 19.4 Å². The highest BCUT2D eigenvalue weighted by atomic mass is 16.5. The molecule has 25 heavy (non-hydrogen) atoms. The molecule has 2 aromatic rings. The van der Waals surface area contributed by atoms with Crippen molar-refractivity contribution in [3.8, 4) is 0 Å². The highest BCUT2D eigenvalue weighted by Gasteiger charge is 2.32. The third kappa shape index (κ3) is 3.57. The summed E-state index contributed by atoms with van der Waals surface area (Å²) in [6.07, 6.45) is 2.50. The van der Waals surface area contributed by atoms with Crippen LogP contribution in [0.5, 0.6) is 0 Å². The van der Waals surface area contributed by atoms with Gasteiger partial charge in [-0.3, -0.25) is 4.79 Å². The van der Waals surface area contributed by atoms with Gasteiger partial charge in [0.1, 0.15) is 17.4 Å². The van der Waals surface area contributed by atoms with Crippen LogP contribution in [0.25, 0.3) is 0 Å². The predicted molar refractivity (Wildman–Crippen MR) is 86.4 cm³/mol. The van der Waals surface area contributed by atoms with Gasteiger partial charge in [0.25, 0.3) is 5.91 Å². The Morgan fingerprint density at radius 2 is 2.12 bits per heavy atom. The van der Waals surface area contributed by atoms with E-state index in [2.05, 4.69) is 15.5 Å². The minimum absolute atomic E-state index is 0.00237. The Labute approximate surface area is 144 Å². The van der Waals surface area contributed by atoms with Crippen LogP contribution in [0.1, 0.15) is 84.0 Å². The SMILES string of the molecule is CCc1oc(C(=O)NC(c2nc(C3CC3)no2)C(C)C)cc1C(=O)O. The zero-order valence-corrected chi connectivity index (χ0v) is 14.4. The van der Waals surface area contributed by atoms with Crippen LogP contribution in [-0.2, 0) is 6.42 Å². The van der Waals surface area contributed by atoms with Crippen molar-refractivity contribution in [1.29, 1.82) is 0 Å². The molecule has 0 saturated heterocycles. The Morgan fingerprint density at radius 1 is 1.40 bits per heavy atom. The first-order valence-corrected chi connectivity index (χ1v) is 8.41. The van der Waals surface area contributed by atoms with Gasteiger partial charge in [0.05, 0.1) is 0 Å². The molecule has 0 spiro atoms. The van der Waals surface area contributed by atoms with Gasteiger partial charge in [-0.1, -0.05) is 25.9 Å². The van der Waals surface area contributed by atoms with Crippen LogP contribution >= 0.6 is 0 Å². The molecule has 0 bridgehead atoms. The molecule has 8 heteroatoms. The van der Waals surface area contributed by atoms with Crippen LogP contribution in [0.15, 0.2) is 15.0 Å². The number of carbonyl (C=O) groups is 2. The van der Waals surface area contributed by atoms with Crippen LogP contribution in [0.2, 0.25) is 0 Å². The predicted octanol–water partition coefficient (Wildman–Crippen LogP) is 2.93. The number of carboxylic acid groups (broad SMARTS) is 1. The molecule has 2 N–H and O–H groups in total. The van der Waals surface area contributed by atoms with E-state index in [4.69, 9.17) is 8.94 Å². The summed E-state index contributed by atoms with van der Waals surface area (Å²) >= 11 is 0. The number of aryl methyl sites for hydroxylation is 1. The molecule has 1 atom stereocenters. The molecule has 1 saturated carbocycles. The maximum atomic E-state index is 12.5. The number of aromatic carboxylic acids is 1. The van der Waals surface area contributed by atoms with Gasteiger partial charge in [0.2, 0.25) is 5.89 Å². The number of hydrogen-bond donors (Lipinski definition) is 2. The monoisotopic (exact) mass is 347 g/mol. The molecule has 1 unspecified atom stereocenters. The van der Waals surface area contributed by atoms with E-state index in [9.17, 15) is 14.7 Å². The second-order valence-electron chi connectivity index (χ2n) is 6.57. The van der Waals surface area contributed by atoms with E-state index < -0.39 is 17.9 Å². The summed E-state index contributed by atoms with van der Waals surface area (Å²) in [6, 6.07) is 0.771. The van der Waals surface area contributed by atoms with E-state index in [1.54, 1.807) is 6.92 Å². The minimum Gasteiger partial charge on any atom is -0.478 e. The van der Waals surface area contributed by atoms with Crippen LogP contribution in [0, 0.1) is 5.92 Å². The minimum atomic E-state index is -1.12. The largest absolute Gasteiger partial charge is 0.478 e. The summed E-state index contributed by atoms with van der Waals surface area (Å²) < 4.78 is 10.7. The average Bonchev–Trinajstić information content (AvgIpc) is 3.14. The van der Waals surface area contributed by atoms with Crippen molar-refractivity contribution in [2.45, 2.75) is 52.0 Å². The topological polar surface area (TPSA) is 118 Å². The fourth-order valence-corrected chi connectivity index (χ4v) is 2.59. The molecular weight excluding hydrogens is 326 g/mol. The number of carboxylic acids is 1. The smallest absolute Gasteiger partial charge is 0.339 e. The molecule has 0 aliphatic heterocycles. The standard InChI is InChI=1S/C17H21N3O5/c1-4-11-10(17(22)23)7-12(24-11)15(21)18-13(8(2)3)16-19-14(20-25-16)9-5-6-9/h7-9,13H,4-6H2,1-3H3,(H,18,21)(H,22,23). The zero-order valence-electron chi connectivity index (χ0n) is 14.4. The van der Waals surface area contributed by atoms with E-state index in [0.717, 1.165) is 12.8 Å². The van der Waals surface area contributed by atoms with E-state index >= 15 is 0 Å². The van der Waals surface area contributed by atoms with Gasteiger partial charge in [0, 0.05) is 18.4 Å². The van der Waals surface area contributed by atoms with Gasteiger partial charge in [-0.15, -0.1) is 0 Å². The Hall–Kier alpha value is -2.64. The van der Waals surface area contributed by atoms with E-state index in [0.29, 0.717) is 24.1 Å². The fraction of sp³-hybridized carbons (Fsp3) is 0.529. The second-order valence-corrected chi connectivity index (χ2v) is 6.57. The van der Waals surface area contributed by atoms with Crippen molar-refractivity contribution in [2.24, 2.45) is 5.92 Å². The number of carbonyl (C=O) groups excluding carboxylic acids is 1. The Bertz CT molecular complexity index is 788. The lowest BCUT2D eigenvalue weighted by atomic mass is 10.0. The Kier molecular flexibility index (Phi) is 4.61. The lowest BCUT2D eigenvalue weighted by molar-refractivity contribution is 0.0694. The first-order valence-electron chi connectivity index (χ1n) is 8.41. The Balaban J connectivity index is 1.79. The van der Waals surface area contributed by atoms with Gasteiger partial charge in [-0.25, -0.2) is 4.79 Å². The van der Waals surface area contributed by atoms with Crippen molar-refractivity contribution in [1.82, 2.24) is 15.5 Å². The number of rotatable bonds is 7. The van der Waals surface area contributed by atoms with E-state index in [1.165, 1.54) is 6.07 Å². The van der Waals surface area contributed by atoms with Gasteiger partial charge >= 0.3 is 5.97 Å². The summed E-state index contributed by atoms with van der Waals surface area (Å²) in [6.45, 7) is 5.62. The maximum Gasteiger partial charge on any atom is 0.339 e. The van der Waals surface area contributed by atoms with Crippen molar-refractivity contribution >= 4 is 11.9 Å². The first kappa shape index (κ1) is 17.2. The molecule has 1 amide bonds. The van der Waals surface area contributed by atoms with Crippen molar-refractivity contribution < 1.29 is 23.6 Å². The van der Waals surface area contributed by atoms with Crippen LogP contribution in [-0.4, -0.2) is 27.1 Å². The number of nitrogens with one attached hydrogen (secondary N) is 1. The number of furan rings is 1. The molecule has 1 aliphatic carbocycles. The van der Waals surface area contributed by atoms with E-state index in [1.807, 2.05) is 13.8 Å². The van der Waals surface area contributed by atoms with Crippen molar-refractivity contribution in [3.63, 3.8) is 0 Å². The third-order valence-electron chi connectivity index (χ3n) is 4.20. The number of hydrogen-bond acceptors (Lipinski definition) is 6. The normalized spacial score (nSPS) is 15.4. The molecule has 2 heterocycles. The number of amides is 1. The molecule has 1 aliphatic rings. The number of aromatic nitrogens is 2. The molecule has 3 rings (SSSR count). The summed E-state index contributed by atoms with van der Waals surface area (Å²) in [5.41, 5.74) is 0.00237. The second kappa shape index (κ2) is 6.70. The molecule has 0 aromatic carbocycles. The van der Waals surface area contributed by atoms with Gasteiger partial charge in [0.15, 0.2) is 11.6 Å². The molecule has 2 aromatic heterocycles. The lowest BCUT2D eigenvalue weighted by Crippen LogP contribution is -2.31. The lowest BCUT2D eigenvalue weighted by Gasteiger charge is -2.17. The maximum absolute atomic E-state index is 12.5. The number of nitrogens with zero attached hydrogens (tertiary/aromatic N) is 2. The summed E-state index contributed by atoms with van der Waals surface area (Å²) in [7, 11) is 0. The highest BCUT2D eigenvalue weighted by molar-refractivity contribution is 5.96. The van der Waals surface area contributed by atoms with Crippen molar-refractivity contribution in [3.05, 3.63) is 34.9 Å². The highest BCUT2D eigenvalue weighted by Crippen LogP contribution is 2.38. The first-order chi connectivity index (χ1) is 11.9. The van der Waals surface area contributed by atoms with Crippen molar-refractivity contribution in [2.75, 3.05) is 0 Å². The molecule has 1 fully saturated rings.